The molecule has 0 aromatic carbocycles. The maximum Gasteiger partial charge on any atom is 0.126 e. The molecule has 0 aliphatic heterocycles. The zero-order valence-corrected chi connectivity index (χ0v) is 7.80. The van der Waals surface area contributed by atoms with Crippen molar-refractivity contribution in [1.82, 2.24) is 4.98 Å². The highest BCUT2D eigenvalue weighted by molar-refractivity contribution is 5.39. The topological polar surface area (TPSA) is 24.9 Å². The summed E-state index contributed by atoms with van der Waals surface area (Å²) in [5.41, 5.74) is 0. The summed E-state index contributed by atoms with van der Waals surface area (Å²) >= 11 is 0. The SMILES string of the molecule is C1=CC=CC(Nc2ccccn2)C=C1. The van der Waals surface area contributed by atoms with Gasteiger partial charge < -0.3 is 5.32 Å². The van der Waals surface area contributed by atoms with Gasteiger partial charge in [-0.3, -0.25) is 0 Å². The number of hydrogen-bond donors (Lipinski definition) is 1. The van der Waals surface area contributed by atoms with Gasteiger partial charge in [0.05, 0.1) is 6.04 Å². The smallest absolute Gasteiger partial charge is 0.126 e. The lowest BCUT2D eigenvalue weighted by Gasteiger charge is -2.10. The normalized spacial score (nSPS) is 15.4. The van der Waals surface area contributed by atoms with Gasteiger partial charge in [0, 0.05) is 6.20 Å². The Hall–Kier alpha value is -1.83. The van der Waals surface area contributed by atoms with E-state index in [4.69, 9.17) is 0 Å². The Morgan fingerprint density at radius 3 is 2.43 bits per heavy atom. The fourth-order valence-corrected chi connectivity index (χ4v) is 1.28. The van der Waals surface area contributed by atoms with Crippen molar-refractivity contribution in [2.24, 2.45) is 0 Å². The molecule has 2 nitrogen and oxygen atoms in total. The second-order valence-corrected chi connectivity index (χ2v) is 3.04. The van der Waals surface area contributed by atoms with Gasteiger partial charge in [-0.15, -0.1) is 0 Å². The van der Waals surface area contributed by atoms with Crippen molar-refractivity contribution in [3.05, 3.63) is 60.9 Å². The molecule has 1 aliphatic carbocycles. The largest absolute Gasteiger partial charge is 0.360 e. The number of nitrogens with one attached hydrogen (secondary N) is 1. The molecular weight excluding hydrogens is 172 g/mol. The molecule has 14 heavy (non-hydrogen) atoms. The standard InChI is InChI=1S/C12H12N2/c1-2-4-8-11(7-3-1)14-12-9-5-6-10-13-12/h1-11H,(H,13,14). The van der Waals surface area contributed by atoms with E-state index in [-0.39, 0.29) is 6.04 Å². The summed E-state index contributed by atoms with van der Waals surface area (Å²) in [6.07, 6.45) is 14.0. The molecule has 0 spiro atoms. The Kier molecular flexibility index (Phi) is 2.76. The Morgan fingerprint density at radius 2 is 1.79 bits per heavy atom. The number of hydrogen-bond acceptors (Lipinski definition) is 2. The summed E-state index contributed by atoms with van der Waals surface area (Å²) in [6, 6.07) is 6.06. The molecule has 1 aromatic heterocycles. The minimum atomic E-state index is 0.222. The first-order valence-corrected chi connectivity index (χ1v) is 4.64. The summed E-state index contributed by atoms with van der Waals surface area (Å²) in [7, 11) is 0. The molecule has 2 heteroatoms. The van der Waals surface area contributed by atoms with E-state index in [1.54, 1.807) is 6.20 Å². The molecule has 0 amide bonds. The molecule has 0 fully saturated rings. The first kappa shape index (κ1) is 8.75. The summed E-state index contributed by atoms with van der Waals surface area (Å²) in [5, 5.41) is 3.30. The molecule has 0 saturated carbocycles. The van der Waals surface area contributed by atoms with Crippen LogP contribution in [0.3, 0.4) is 0 Å². The number of rotatable bonds is 2. The number of nitrogens with zero attached hydrogens (tertiary/aromatic N) is 1. The zero-order valence-electron chi connectivity index (χ0n) is 7.80. The molecule has 1 N–H and O–H groups in total. The summed E-state index contributed by atoms with van der Waals surface area (Å²) in [5.74, 6) is 0.897. The maximum atomic E-state index is 4.20. The van der Waals surface area contributed by atoms with Gasteiger partial charge in [0.2, 0.25) is 0 Å². The lowest BCUT2D eigenvalue weighted by molar-refractivity contribution is 1.08. The average molecular weight is 184 g/mol. The van der Waals surface area contributed by atoms with E-state index in [2.05, 4.69) is 22.5 Å². The zero-order chi connectivity index (χ0) is 9.64. The van der Waals surface area contributed by atoms with Crippen LogP contribution in [0, 0.1) is 0 Å². The van der Waals surface area contributed by atoms with Gasteiger partial charge >= 0.3 is 0 Å². The Labute approximate surface area is 83.7 Å². The minimum Gasteiger partial charge on any atom is -0.360 e. The van der Waals surface area contributed by atoms with Crippen LogP contribution in [0.1, 0.15) is 0 Å². The fraction of sp³-hybridized carbons (Fsp3) is 0.0833. The number of anilines is 1. The van der Waals surface area contributed by atoms with Crippen molar-refractivity contribution in [3.8, 4) is 0 Å². The van der Waals surface area contributed by atoms with Crippen LogP contribution in [-0.4, -0.2) is 11.0 Å². The Balaban J connectivity index is 2.05. The summed E-state index contributed by atoms with van der Waals surface area (Å²) in [6.45, 7) is 0. The average Bonchev–Trinajstić information content (AvgIpc) is 2.48. The third-order valence-electron chi connectivity index (χ3n) is 1.95. The van der Waals surface area contributed by atoms with Crippen molar-refractivity contribution in [2.45, 2.75) is 6.04 Å². The minimum absolute atomic E-state index is 0.222. The monoisotopic (exact) mass is 184 g/mol. The van der Waals surface area contributed by atoms with Crippen LogP contribution in [0.2, 0.25) is 0 Å². The van der Waals surface area contributed by atoms with Crippen molar-refractivity contribution >= 4 is 5.82 Å². The molecule has 1 aliphatic rings. The lowest BCUT2D eigenvalue weighted by Crippen LogP contribution is -2.13. The maximum absolute atomic E-state index is 4.20. The Morgan fingerprint density at radius 1 is 1.00 bits per heavy atom. The number of aromatic nitrogens is 1. The molecule has 1 aromatic rings. The van der Waals surface area contributed by atoms with Crippen LogP contribution in [0.5, 0.6) is 0 Å². The van der Waals surface area contributed by atoms with Gasteiger partial charge in [0.1, 0.15) is 5.82 Å². The van der Waals surface area contributed by atoms with E-state index in [9.17, 15) is 0 Å². The van der Waals surface area contributed by atoms with Crippen molar-refractivity contribution in [2.75, 3.05) is 5.32 Å². The molecule has 1 heterocycles. The van der Waals surface area contributed by atoms with Crippen molar-refractivity contribution < 1.29 is 0 Å². The van der Waals surface area contributed by atoms with Crippen molar-refractivity contribution in [1.29, 1.82) is 0 Å². The fourth-order valence-electron chi connectivity index (χ4n) is 1.28. The highest BCUT2D eigenvalue weighted by Gasteiger charge is 2.00. The number of pyridine rings is 1. The van der Waals surface area contributed by atoms with Crippen LogP contribution in [0.25, 0.3) is 0 Å². The van der Waals surface area contributed by atoms with Crippen LogP contribution >= 0.6 is 0 Å². The van der Waals surface area contributed by atoms with Crippen LogP contribution in [0.4, 0.5) is 5.82 Å². The van der Waals surface area contributed by atoms with Gasteiger partial charge in [0.25, 0.3) is 0 Å². The quantitative estimate of drug-likeness (QED) is 0.764. The van der Waals surface area contributed by atoms with Gasteiger partial charge in [0.15, 0.2) is 0 Å². The van der Waals surface area contributed by atoms with E-state index in [1.807, 2.05) is 42.5 Å². The molecule has 0 atom stereocenters. The summed E-state index contributed by atoms with van der Waals surface area (Å²) < 4.78 is 0. The lowest BCUT2D eigenvalue weighted by atomic mass is 10.2. The molecule has 0 bridgehead atoms. The second kappa shape index (κ2) is 4.42. The number of allylic oxidation sites excluding steroid dienone is 4. The molecule has 2 rings (SSSR count). The highest BCUT2D eigenvalue weighted by atomic mass is 15.0. The van der Waals surface area contributed by atoms with E-state index >= 15 is 0 Å². The first-order chi connectivity index (χ1) is 6.95. The van der Waals surface area contributed by atoms with E-state index < -0.39 is 0 Å². The summed E-state index contributed by atoms with van der Waals surface area (Å²) in [4.78, 5) is 4.20. The molecule has 0 saturated heterocycles. The first-order valence-electron chi connectivity index (χ1n) is 4.64. The van der Waals surface area contributed by atoms with Crippen LogP contribution < -0.4 is 5.32 Å². The molecule has 0 radical (unpaired) electrons. The van der Waals surface area contributed by atoms with Crippen molar-refractivity contribution in [3.63, 3.8) is 0 Å². The van der Waals surface area contributed by atoms with E-state index in [0.717, 1.165) is 5.82 Å². The van der Waals surface area contributed by atoms with Gasteiger partial charge in [-0.25, -0.2) is 4.98 Å². The molecular formula is C12H12N2. The molecule has 70 valence electrons. The highest BCUT2D eigenvalue weighted by Crippen LogP contribution is 2.06. The Bertz CT molecular complexity index is 347. The van der Waals surface area contributed by atoms with Gasteiger partial charge in [-0.05, 0) is 12.1 Å². The van der Waals surface area contributed by atoms with Gasteiger partial charge in [-0.1, -0.05) is 42.5 Å². The third-order valence-corrected chi connectivity index (χ3v) is 1.95. The predicted molar refractivity (Wildman–Crippen MR) is 59.1 cm³/mol. The second-order valence-electron chi connectivity index (χ2n) is 3.04. The molecule has 0 unspecified atom stereocenters. The van der Waals surface area contributed by atoms with E-state index in [0.29, 0.717) is 0 Å². The van der Waals surface area contributed by atoms with Crippen LogP contribution in [-0.2, 0) is 0 Å². The predicted octanol–water partition coefficient (Wildman–Crippen LogP) is 2.54. The third kappa shape index (κ3) is 2.33. The van der Waals surface area contributed by atoms with E-state index in [1.165, 1.54) is 0 Å². The van der Waals surface area contributed by atoms with Gasteiger partial charge in [-0.2, -0.15) is 0 Å². The van der Waals surface area contributed by atoms with Crippen LogP contribution in [0.15, 0.2) is 60.9 Å².